The van der Waals surface area contributed by atoms with Crippen LogP contribution in [0.4, 0.5) is 0 Å². The SMILES string of the molecule is Cc1cccc(/C=N/NC(=O)c2cccnc2Oc2ccccc2)c1. The molecule has 0 bridgehead atoms. The molecule has 0 aliphatic carbocycles. The van der Waals surface area contributed by atoms with Crippen LogP contribution >= 0.6 is 0 Å². The maximum absolute atomic E-state index is 12.4. The third kappa shape index (κ3) is 4.51. The molecule has 1 aromatic heterocycles. The van der Waals surface area contributed by atoms with E-state index in [1.807, 2.05) is 49.4 Å². The van der Waals surface area contributed by atoms with Crippen molar-refractivity contribution in [1.82, 2.24) is 10.4 Å². The summed E-state index contributed by atoms with van der Waals surface area (Å²) in [6.07, 6.45) is 3.17. The molecular weight excluding hydrogens is 314 g/mol. The van der Waals surface area contributed by atoms with Gasteiger partial charge in [0.1, 0.15) is 11.3 Å². The topological polar surface area (TPSA) is 63.6 Å². The van der Waals surface area contributed by atoms with Crippen LogP contribution in [-0.2, 0) is 0 Å². The van der Waals surface area contributed by atoms with Gasteiger partial charge in [0.2, 0.25) is 5.88 Å². The Morgan fingerprint density at radius 3 is 2.72 bits per heavy atom. The molecule has 25 heavy (non-hydrogen) atoms. The summed E-state index contributed by atoms with van der Waals surface area (Å²) in [5.74, 6) is 0.457. The van der Waals surface area contributed by atoms with Crippen molar-refractivity contribution in [2.24, 2.45) is 5.10 Å². The van der Waals surface area contributed by atoms with Crippen molar-refractivity contribution in [3.8, 4) is 11.6 Å². The van der Waals surface area contributed by atoms with Crippen LogP contribution in [-0.4, -0.2) is 17.1 Å². The lowest BCUT2D eigenvalue weighted by molar-refractivity contribution is 0.0952. The van der Waals surface area contributed by atoms with Gasteiger partial charge in [-0.3, -0.25) is 4.79 Å². The molecule has 0 spiro atoms. The second-order valence-electron chi connectivity index (χ2n) is 5.38. The molecule has 0 aliphatic rings. The van der Waals surface area contributed by atoms with Crippen LogP contribution in [0.5, 0.6) is 11.6 Å². The van der Waals surface area contributed by atoms with E-state index in [4.69, 9.17) is 4.74 Å². The summed E-state index contributed by atoms with van der Waals surface area (Å²) in [5.41, 5.74) is 4.85. The Kier molecular flexibility index (Phi) is 5.16. The quantitative estimate of drug-likeness (QED) is 0.569. The number of para-hydroxylation sites is 1. The first-order valence-electron chi connectivity index (χ1n) is 7.80. The number of amides is 1. The van der Waals surface area contributed by atoms with Crippen molar-refractivity contribution in [2.75, 3.05) is 0 Å². The van der Waals surface area contributed by atoms with Crippen LogP contribution in [0.15, 0.2) is 78.0 Å². The molecule has 5 nitrogen and oxygen atoms in total. The average Bonchev–Trinajstić information content (AvgIpc) is 2.63. The second-order valence-corrected chi connectivity index (χ2v) is 5.38. The number of hydrogen-bond acceptors (Lipinski definition) is 4. The predicted octanol–water partition coefficient (Wildman–Crippen LogP) is 3.95. The number of carbonyl (C=O) groups is 1. The number of hydrogen-bond donors (Lipinski definition) is 1. The first-order chi connectivity index (χ1) is 12.2. The normalized spacial score (nSPS) is 10.6. The summed E-state index contributed by atoms with van der Waals surface area (Å²) in [4.78, 5) is 16.5. The van der Waals surface area contributed by atoms with Gasteiger partial charge in [-0.15, -0.1) is 0 Å². The van der Waals surface area contributed by atoms with Crippen LogP contribution in [0.3, 0.4) is 0 Å². The average molecular weight is 331 g/mol. The molecule has 0 unspecified atom stereocenters. The fraction of sp³-hybridized carbons (Fsp3) is 0.0500. The van der Waals surface area contributed by atoms with Gasteiger partial charge in [0, 0.05) is 6.20 Å². The van der Waals surface area contributed by atoms with Gasteiger partial charge >= 0.3 is 0 Å². The number of nitrogens with zero attached hydrogens (tertiary/aromatic N) is 2. The molecule has 2 aromatic carbocycles. The van der Waals surface area contributed by atoms with Gasteiger partial charge in [0.15, 0.2) is 0 Å². The van der Waals surface area contributed by atoms with E-state index in [0.717, 1.165) is 11.1 Å². The van der Waals surface area contributed by atoms with Crippen LogP contribution < -0.4 is 10.2 Å². The minimum Gasteiger partial charge on any atom is -0.438 e. The zero-order valence-corrected chi connectivity index (χ0v) is 13.7. The molecule has 1 amide bonds. The Morgan fingerprint density at radius 1 is 1.08 bits per heavy atom. The number of hydrazone groups is 1. The lowest BCUT2D eigenvalue weighted by atomic mass is 10.2. The standard InChI is InChI=1S/C20H17N3O2/c1-15-7-5-8-16(13-15)14-22-23-19(24)18-11-6-12-21-20(18)25-17-9-3-2-4-10-17/h2-14H,1H3,(H,23,24)/b22-14+. The summed E-state index contributed by atoms with van der Waals surface area (Å²) >= 11 is 0. The van der Waals surface area contributed by atoms with Crippen molar-refractivity contribution in [1.29, 1.82) is 0 Å². The number of rotatable bonds is 5. The van der Waals surface area contributed by atoms with Crippen LogP contribution in [0, 0.1) is 6.92 Å². The van der Waals surface area contributed by atoms with E-state index in [9.17, 15) is 4.79 Å². The molecule has 0 fully saturated rings. The van der Waals surface area contributed by atoms with Crippen LogP contribution in [0.1, 0.15) is 21.5 Å². The molecule has 1 N–H and O–H groups in total. The summed E-state index contributed by atoms with van der Waals surface area (Å²) in [6, 6.07) is 20.3. The van der Waals surface area contributed by atoms with Crippen molar-refractivity contribution in [3.05, 3.63) is 89.6 Å². The minimum atomic E-state index is -0.386. The van der Waals surface area contributed by atoms with E-state index in [0.29, 0.717) is 11.3 Å². The Hall–Kier alpha value is -3.47. The molecule has 0 saturated heterocycles. The van der Waals surface area contributed by atoms with E-state index in [1.165, 1.54) is 0 Å². The number of aryl methyl sites for hydroxylation is 1. The van der Waals surface area contributed by atoms with E-state index >= 15 is 0 Å². The Labute approximate surface area is 146 Å². The highest BCUT2D eigenvalue weighted by molar-refractivity contribution is 5.97. The second kappa shape index (κ2) is 7.88. The first-order valence-corrected chi connectivity index (χ1v) is 7.80. The van der Waals surface area contributed by atoms with Gasteiger partial charge in [0.05, 0.1) is 6.21 Å². The highest BCUT2D eigenvalue weighted by atomic mass is 16.5. The number of pyridine rings is 1. The molecule has 0 saturated carbocycles. The fourth-order valence-electron chi connectivity index (χ4n) is 2.22. The molecule has 1 heterocycles. The van der Waals surface area contributed by atoms with Crippen molar-refractivity contribution >= 4 is 12.1 Å². The van der Waals surface area contributed by atoms with Crippen LogP contribution in [0.2, 0.25) is 0 Å². The lowest BCUT2D eigenvalue weighted by Crippen LogP contribution is -2.18. The summed E-state index contributed by atoms with van der Waals surface area (Å²) in [5, 5.41) is 4.00. The fourth-order valence-corrected chi connectivity index (χ4v) is 2.22. The van der Waals surface area contributed by atoms with Gasteiger partial charge < -0.3 is 4.74 Å². The van der Waals surface area contributed by atoms with Gasteiger partial charge in [-0.05, 0) is 36.8 Å². The van der Waals surface area contributed by atoms with Crippen molar-refractivity contribution < 1.29 is 9.53 Å². The van der Waals surface area contributed by atoms with E-state index in [-0.39, 0.29) is 11.8 Å². The summed E-state index contributed by atoms with van der Waals surface area (Å²) in [7, 11) is 0. The number of aromatic nitrogens is 1. The molecule has 3 rings (SSSR count). The molecule has 3 aromatic rings. The third-order valence-corrected chi connectivity index (χ3v) is 3.40. The van der Waals surface area contributed by atoms with Crippen molar-refractivity contribution in [3.63, 3.8) is 0 Å². The summed E-state index contributed by atoms with van der Waals surface area (Å²) in [6.45, 7) is 2.00. The highest BCUT2D eigenvalue weighted by Crippen LogP contribution is 2.22. The number of ether oxygens (including phenoxy) is 1. The minimum absolute atomic E-state index is 0.233. The Bertz CT molecular complexity index is 892. The number of carbonyl (C=O) groups excluding carboxylic acids is 1. The lowest BCUT2D eigenvalue weighted by Gasteiger charge is -2.08. The molecule has 0 aliphatic heterocycles. The first kappa shape index (κ1) is 16.4. The monoisotopic (exact) mass is 331 g/mol. The predicted molar refractivity (Wildman–Crippen MR) is 97.0 cm³/mol. The maximum Gasteiger partial charge on any atom is 0.276 e. The number of nitrogens with one attached hydrogen (secondary N) is 1. The molecule has 5 heteroatoms. The third-order valence-electron chi connectivity index (χ3n) is 3.40. The smallest absolute Gasteiger partial charge is 0.276 e. The van der Waals surface area contributed by atoms with Gasteiger partial charge in [-0.2, -0.15) is 5.10 Å². The molecular formula is C20H17N3O2. The molecule has 0 radical (unpaired) electrons. The highest BCUT2D eigenvalue weighted by Gasteiger charge is 2.13. The summed E-state index contributed by atoms with van der Waals surface area (Å²) < 4.78 is 5.69. The number of benzene rings is 2. The van der Waals surface area contributed by atoms with Gasteiger partial charge in [-0.1, -0.05) is 48.0 Å². The maximum atomic E-state index is 12.4. The van der Waals surface area contributed by atoms with E-state index in [1.54, 1.807) is 36.7 Å². The zero-order chi connectivity index (χ0) is 17.5. The Morgan fingerprint density at radius 2 is 1.92 bits per heavy atom. The molecule has 124 valence electrons. The largest absolute Gasteiger partial charge is 0.438 e. The zero-order valence-electron chi connectivity index (χ0n) is 13.7. The Balaban J connectivity index is 1.72. The van der Waals surface area contributed by atoms with Gasteiger partial charge in [0.25, 0.3) is 5.91 Å². The molecule has 0 atom stereocenters. The van der Waals surface area contributed by atoms with Crippen LogP contribution in [0.25, 0.3) is 0 Å². The van der Waals surface area contributed by atoms with Gasteiger partial charge in [-0.25, -0.2) is 10.4 Å². The van der Waals surface area contributed by atoms with Crippen molar-refractivity contribution in [2.45, 2.75) is 6.92 Å². The van der Waals surface area contributed by atoms with E-state index < -0.39 is 0 Å². The van der Waals surface area contributed by atoms with E-state index in [2.05, 4.69) is 15.5 Å².